The second kappa shape index (κ2) is 5.16. The first-order valence-electron chi connectivity index (χ1n) is 6.22. The van der Waals surface area contributed by atoms with Gasteiger partial charge in [0.2, 0.25) is 0 Å². The van der Waals surface area contributed by atoms with Gasteiger partial charge in [-0.2, -0.15) is 0 Å². The highest BCUT2D eigenvalue weighted by Gasteiger charge is 2.23. The first-order chi connectivity index (χ1) is 8.08. The summed E-state index contributed by atoms with van der Waals surface area (Å²) in [6.07, 6.45) is 3.76. The molecule has 0 saturated carbocycles. The molecule has 1 aliphatic rings. The Labute approximate surface area is 103 Å². The van der Waals surface area contributed by atoms with Gasteiger partial charge in [0.05, 0.1) is 12.0 Å². The van der Waals surface area contributed by atoms with Crippen LogP contribution in [-0.4, -0.2) is 59.1 Å². The molecule has 0 spiro atoms. The molecular formula is C12H23N5. The van der Waals surface area contributed by atoms with Gasteiger partial charge in [-0.1, -0.05) is 0 Å². The summed E-state index contributed by atoms with van der Waals surface area (Å²) in [6.45, 7) is 6.36. The van der Waals surface area contributed by atoms with Gasteiger partial charge in [0.1, 0.15) is 0 Å². The van der Waals surface area contributed by atoms with Gasteiger partial charge in [-0.15, -0.1) is 0 Å². The predicted molar refractivity (Wildman–Crippen MR) is 68.7 cm³/mol. The van der Waals surface area contributed by atoms with E-state index in [2.05, 4.69) is 33.4 Å². The van der Waals surface area contributed by atoms with Gasteiger partial charge in [0.15, 0.2) is 0 Å². The number of rotatable bonds is 3. The standard InChI is InChI=1S/C12H23N5/c1-10(13)12-6-14-9-17(12)8-11-7-15(2)4-5-16(11)3/h6,9-11H,4-5,7-8,13H2,1-3H3. The lowest BCUT2D eigenvalue weighted by molar-refractivity contribution is 0.102. The molecule has 1 aromatic rings. The van der Waals surface area contributed by atoms with Gasteiger partial charge in [-0.3, -0.25) is 4.90 Å². The number of hydrogen-bond donors (Lipinski definition) is 1. The zero-order valence-electron chi connectivity index (χ0n) is 11.0. The van der Waals surface area contributed by atoms with Gasteiger partial charge in [0.25, 0.3) is 0 Å². The molecule has 1 aromatic heterocycles. The monoisotopic (exact) mass is 237 g/mol. The molecule has 1 fully saturated rings. The van der Waals surface area contributed by atoms with E-state index in [0.717, 1.165) is 31.9 Å². The van der Waals surface area contributed by atoms with Crippen molar-refractivity contribution in [3.63, 3.8) is 0 Å². The van der Waals surface area contributed by atoms with Gasteiger partial charge < -0.3 is 15.2 Å². The Hall–Kier alpha value is -0.910. The van der Waals surface area contributed by atoms with Gasteiger partial charge in [0, 0.05) is 44.5 Å². The van der Waals surface area contributed by atoms with E-state index in [1.807, 2.05) is 19.4 Å². The highest BCUT2D eigenvalue weighted by molar-refractivity contribution is 5.03. The van der Waals surface area contributed by atoms with Crippen LogP contribution in [0.1, 0.15) is 18.7 Å². The third kappa shape index (κ3) is 2.86. The topological polar surface area (TPSA) is 50.3 Å². The van der Waals surface area contributed by atoms with Crippen LogP contribution >= 0.6 is 0 Å². The van der Waals surface area contributed by atoms with Crippen LogP contribution in [0.15, 0.2) is 12.5 Å². The molecule has 2 rings (SSSR count). The molecule has 2 unspecified atom stereocenters. The van der Waals surface area contributed by atoms with E-state index < -0.39 is 0 Å². The van der Waals surface area contributed by atoms with Gasteiger partial charge in [-0.25, -0.2) is 4.98 Å². The smallest absolute Gasteiger partial charge is 0.0949 e. The summed E-state index contributed by atoms with van der Waals surface area (Å²) in [5.41, 5.74) is 7.06. The third-order valence-corrected chi connectivity index (χ3v) is 3.60. The normalized spacial score (nSPS) is 25.1. The molecular weight excluding hydrogens is 214 g/mol. The van der Waals surface area contributed by atoms with Crippen LogP contribution < -0.4 is 5.73 Å². The average Bonchev–Trinajstić information content (AvgIpc) is 2.71. The molecule has 0 amide bonds. The highest BCUT2D eigenvalue weighted by Crippen LogP contribution is 2.13. The minimum atomic E-state index is 0.0455. The predicted octanol–water partition coefficient (Wildman–Crippen LogP) is 0.149. The number of nitrogens with zero attached hydrogens (tertiary/aromatic N) is 4. The minimum absolute atomic E-state index is 0.0455. The largest absolute Gasteiger partial charge is 0.332 e. The van der Waals surface area contributed by atoms with Crippen LogP contribution in [-0.2, 0) is 6.54 Å². The summed E-state index contributed by atoms with van der Waals surface area (Å²) in [5, 5.41) is 0. The molecule has 2 heterocycles. The van der Waals surface area contributed by atoms with Crippen LogP contribution in [0.4, 0.5) is 0 Å². The minimum Gasteiger partial charge on any atom is -0.332 e. The van der Waals surface area contributed by atoms with Gasteiger partial charge >= 0.3 is 0 Å². The lowest BCUT2D eigenvalue weighted by Gasteiger charge is -2.38. The van der Waals surface area contributed by atoms with E-state index in [0.29, 0.717) is 6.04 Å². The molecule has 0 radical (unpaired) electrons. The maximum Gasteiger partial charge on any atom is 0.0949 e. The average molecular weight is 237 g/mol. The Morgan fingerprint density at radius 1 is 1.47 bits per heavy atom. The molecule has 96 valence electrons. The highest BCUT2D eigenvalue weighted by atomic mass is 15.3. The molecule has 17 heavy (non-hydrogen) atoms. The Balaban J connectivity index is 2.06. The van der Waals surface area contributed by atoms with Crippen LogP contribution in [0.2, 0.25) is 0 Å². The fourth-order valence-electron chi connectivity index (χ4n) is 2.39. The second-order valence-electron chi connectivity index (χ2n) is 5.16. The Bertz CT molecular complexity index is 360. The summed E-state index contributed by atoms with van der Waals surface area (Å²) in [6, 6.07) is 0.588. The summed E-state index contributed by atoms with van der Waals surface area (Å²) >= 11 is 0. The van der Waals surface area contributed by atoms with Crippen molar-refractivity contribution in [3.05, 3.63) is 18.2 Å². The van der Waals surface area contributed by atoms with E-state index in [-0.39, 0.29) is 6.04 Å². The molecule has 0 aromatic carbocycles. The van der Waals surface area contributed by atoms with Gasteiger partial charge in [-0.05, 0) is 21.0 Å². The fourth-order valence-corrected chi connectivity index (χ4v) is 2.39. The second-order valence-corrected chi connectivity index (χ2v) is 5.16. The van der Waals surface area contributed by atoms with Crippen molar-refractivity contribution in [2.75, 3.05) is 33.7 Å². The molecule has 5 heteroatoms. The summed E-state index contributed by atoms with van der Waals surface area (Å²) in [4.78, 5) is 9.01. The van der Waals surface area contributed by atoms with Crippen molar-refractivity contribution in [2.45, 2.75) is 25.6 Å². The number of likely N-dealkylation sites (N-methyl/N-ethyl adjacent to an activating group) is 2. The molecule has 1 aliphatic heterocycles. The number of nitrogens with two attached hydrogens (primary N) is 1. The van der Waals surface area contributed by atoms with Crippen molar-refractivity contribution in [1.82, 2.24) is 19.4 Å². The van der Waals surface area contributed by atoms with Crippen LogP contribution in [0.3, 0.4) is 0 Å². The van der Waals surface area contributed by atoms with E-state index in [1.54, 1.807) is 0 Å². The summed E-state index contributed by atoms with van der Waals surface area (Å²) in [7, 11) is 4.38. The lowest BCUT2D eigenvalue weighted by atomic mass is 10.1. The summed E-state index contributed by atoms with van der Waals surface area (Å²) < 4.78 is 2.19. The Morgan fingerprint density at radius 3 is 2.94 bits per heavy atom. The van der Waals surface area contributed by atoms with Crippen molar-refractivity contribution < 1.29 is 0 Å². The summed E-state index contributed by atoms with van der Waals surface area (Å²) in [5.74, 6) is 0. The number of imidazole rings is 1. The molecule has 2 atom stereocenters. The molecule has 5 nitrogen and oxygen atoms in total. The van der Waals surface area contributed by atoms with E-state index >= 15 is 0 Å². The lowest BCUT2D eigenvalue weighted by Crippen LogP contribution is -2.51. The number of aromatic nitrogens is 2. The van der Waals surface area contributed by atoms with Crippen LogP contribution in [0, 0.1) is 0 Å². The fraction of sp³-hybridized carbons (Fsp3) is 0.750. The number of hydrogen-bond acceptors (Lipinski definition) is 4. The molecule has 0 bridgehead atoms. The van der Waals surface area contributed by atoms with Crippen molar-refractivity contribution in [1.29, 1.82) is 0 Å². The Kier molecular flexibility index (Phi) is 3.81. The first kappa shape index (κ1) is 12.5. The molecule has 2 N–H and O–H groups in total. The SMILES string of the molecule is CC(N)c1cncn1CC1CN(C)CCN1C. The van der Waals surface area contributed by atoms with Crippen molar-refractivity contribution in [2.24, 2.45) is 5.73 Å². The maximum atomic E-state index is 5.94. The maximum absolute atomic E-state index is 5.94. The molecule has 0 aliphatic carbocycles. The van der Waals surface area contributed by atoms with Crippen LogP contribution in [0.5, 0.6) is 0 Å². The van der Waals surface area contributed by atoms with E-state index in [4.69, 9.17) is 5.73 Å². The zero-order chi connectivity index (χ0) is 12.4. The number of piperazine rings is 1. The quantitative estimate of drug-likeness (QED) is 0.813. The third-order valence-electron chi connectivity index (χ3n) is 3.60. The Morgan fingerprint density at radius 2 is 2.24 bits per heavy atom. The first-order valence-corrected chi connectivity index (χ1v) is 6.22. The zero-order valence-corrected chi connectivity index (χ0v) is 11.0. The van der Waals surface area contributed by atoms with E-state index in [1.165, 1.54) is 0 Å². The van der Waals surface area contributed by atoms with Crippen molar-refractivity contribution >= 4 is 0 Å². The van der Waals surface area contributed by atoms with Crippen LogP contribution in [0.25, 0.3) is 0 Å². The van der Waals surface area contributed by atoms with Crippen molar-refractivity contribution in [3.8, 4) is 0 Å². The molecule has 1 saturated heterocycles. The van der Waals surface area contributed by atoms with E-state index in [9.17, 15) is 0 Å².